The summed E-state index contributed by atoms with van der Waals surface area (Å²) in [6.07, 6.45) is 4.02. The second-order valence-corrected chi connectivity index (χ2v) is 4.93. The monoisotopic (exact) mass is 297 g/mol. The molecule has 2 rings (SSSR count). The van der Waals surface area contributed by atoms with Crippen LogP contribution in [0.5, 0.6) is 11.5 Å². The molecule has 2 aromatic rings. The van der Waals surface area contributed by atoms with E-state index in [4.69, 9.17) is 9.47 Å². The van der Waals surface area contributed by atoms with Crippen LogP contribution >= 0.6 is 0 Å². The molecule has 0 spiro atoms. The van der Waals surface area contributed by atoms with Gasteiger partial charge in [0.1, 0.15) is 17.2 Å². The minimum Gasteiger partial charge on any atom is -0.493 e. The topological polar surface area (TPSA) is 30.8 Å². The summed E-state index contributed by atoms with van der Waals surface area (Å²) in [7, 11) is 0. The minimum absolute atomic E-state index is 0.603. The van der Waals surface area contributed by atoms with Crippen LogP contribution in [0, 0.1) is 0 Å². The molecule has 0 radical (unpaired) electrons. The number of hydrogen-bond acceptors (Lipinski definition) is 3. The predicted molar refractivity (Wildman–Crippen MR) is 91.7 cm³/mol. The first-order chi connectivity index (χ1) is 10.8. The van der Waals surface area contributed by atoms with Crippen molar-refractivity contribution < 1.29 is 9.47 Å². The Morgan fingerprint density at radius 2 is 1.82 bits per heavy atom. The van der Waals surface area contributed by atoms with Crippen LogP contribution in [0.1, 0.15) is 32.3 Å². The van der Waals surface area contributed by atoms with Crippen LogP contribution < -0.4 is 9.47 Å². The smallest absolute Gasteiger partial charge is 0.148 e. The van der Waals surface area contributed by atoms with Gasteiger partial charge in [0.15, 0.2) is 0 Å². The molecule has 116 valence electrons. The molecule has 0 aliphatic carbocycles. The maximum Gasteiger partial charge on any atom is 0.148 e. The van der Waals surface area contributed by atoms with Crippen LogP contribution in [0.25, 0.3) is 0 Å². The lowest BCUT2D eigenvalue weighted by Gasteiger charge is -2.10. The Bertz CT molecular complexity index is 594. The van der Waals surface area contributed by atoms with E-state index in [9.17, 15) is 0 Å². The van der Waals surface area contributed by atoms with E-state index in [-0.39, 0.29) is 0 Å². The Balaban J connectivity index is 2.14. The van der Waals surface area contributed by atoms with Crippen molar-refractivity contribution in [1.29, 1.82) is 0 Å². The van der Waals surface area contributed by atoms with Gasteiger partial charge in [0.05, 0.1) is 13.2 Å². The predicted octanol–water partition coefficient (Wildman–Crippen LogP) is 5.01. The van der Waals surface area contributed by atoms with Crippen molar-refractivity contribution in [3.63, 3.8) is 0 Å². The standard InChI is InChI=1S/C19H23NO2/c1-3-5-13-22-17-11-12-18(19(14-17)21-4-2)20-15-16-9-7-6-8-10-16/h6-12,14-15H,3-5,13H2,1-2H3. The number of rotatable bonds is 8. The second kappa shape index (κ2) is 8.88. The quantitative estimate of drug-likeness (QED) is 0.506. The summed E-state index contributed by atoms with van der Waals surface area (Å²) >= 11 is 0. The van der Waals surface area contributed by atoms with E-state index in [2.05, 4.69) is 11.9 Å². The third-order valence-corrected chi connectivity index (χ3v) is 3.15. The summed E-state index contributed by atoms with van der Waals surface area (Å²) in [5.74, 6) is 1.58. The summed E-state index contributed by atoms with van der Waals surface area (Å²) in [4.78, 5) is 4.53. The Morgan fingerprint density at radius 3 is 2.55 bits per heavy atom. The van der Waals surface area contributed by atoms with Crippen molar-refractivity contribution in [1.82, 2.24) is 0 Å². The van der Waals surface area contributed by atoms with Crippen LogP contribution in [0.2, 0.25) is 0 Å². The van der Waals surface area contributed by atoms with Gasteiger partial charge in [-0.3, -0.25) is 4.99 Å². The number of ether oxygens (including phenoxy) is 2. The lowest BCUT2D eigenvalue weighted by Crippen LogP contribution is -1.98. The number of unbranched alkanes of at least 4 members (excludes halogenated alkanes) is 1. The molecule has 0 unspecified atom stereocenters. The molecule has 3 heteroatoms. The summed E-state index contributed by atoms with van der Waals surface area (Å²) in [5, 5.41) is 0. The molecule has 0 amide bonds. The number of benzene rings is 2. The van der Waals surface area contributed by atoms with Crippen molar-refractivity contribution in [3.05, 3.63) is 54.1 Å². The average Bonchev–Trinajstić information content (AvgIpc) is 2.56. The largest absolute Gasteiger partial charge is 0.493 e. The lowest BCUT2D eigenvalue weighted by molar-refractivity contribution is 0.303. The van der Waals surface area contributed by atoms with Gasteiger partial charge in [-0.25, -0.2) is 0 Å². The van der Waals surface area contributed by atoms with Gasteiger partial charge < -0.3 is 9.47 Å². The van der Waals surface area contributed by atoms with Crippen LogP contribution in [0.15, 0.2) is 53.5 Å². The summed E-state index contributed by atoms with van der Waals surface area (Å²) in [5.41, 5.74) is 1.88. The van der Waals surface area contributed by atoms with Gasteiger partial charge in [-0.15, -0.1) is 0 Å². The first-order valence-corrected chi connectivity index (χ1v) is 7.82. The van der Waals surface area contributed by atoms with Crippen LogP contribution in [-0.2, 0) is 0 Å². The van der Waals surface area contributed by atoms with Crippen LogP contribution in [0.4, 0.5) is 5.69 Å². The zero-order valence-electron chi connectivity index (χ0n) is 13.3. The highest BCUT2D eigenvalue weighted by atomic mass is 16.5. The van der Waals surface area contributed by atoms with Crippen molar-refractivity contribution in [3.8, 4) is 11.5 Å². The first kappa shape index (κ1) is 16.1. The van der Waals surface area contributed by atoms with E-state index >= 15 is 0 Å². The van der Waals surface area contributed by atoms with Crippen molar-refractivity contribution in [2.45, 2.75) is 26.7 Å². The number of hydrogen-bond donors (Lipinski definition) is 0. The van der Waals surface area contributed by atoms with Crippen molar-refractivity contribution in [2.75, 3.05) is 13.2 Å². The Morgan fingerprint density at radius 1 is 1.00 bits per heavy atom. The Hall–Kier alpha value is -2.29. The fourth-order valence-corrected chi connectivity index (χ4v) is 1.98. The van der Waals surface area contributed by atoms with Gasteiger partial charge in [0.2, 0.25) is 0 Å². The van der Waals surface area contributed by atoms with Crippen LogP contribution in [0.3, 0.4) is 0 Å². The molecule has 0 aliphatic heterocycles. The molecule has 0 saturated heterocycles. The molecule has 0 heterocycles. The first-order valence-electron chi connectivity index (χ1n) is 7.82. The van der Waals surface area contributed by atoms with Crippen molar-refractivity contribution >= 4 is 11.9 Å². The van der Waals surface area contributed by atoms with Crippen LogP contribution in [-0.4, -0.2) is 19.4 Å². The Labute approximate surface area is 132 Å². The molecule has 22 heavy (non-hydrogen) atoms. The molecule has 0 N–H and O–H groups in total. The fourth-order valence-electron chi connectivity index (χ4n) is 1.98. The van der Waals surface area contributed by atoms with Gasteiger partial charge in [-0.2, -0.15) is 0 Å². The third-order valence-electron chi connectivity index (χ3n) is 3.15. The van der Waals surface area contributed by atoms with Crippen molar-refractivity contribution in [2.24, 2.45) is 4.99 Å². The third kappa shape index (κ3) is 4.92. The van der Waals surface area contributed by atoms with Gasteiger partial charge >= 0.3 is 0 Å². The molecule has 0 aliphatic rings. The summed E-state index contributed by atoms with van der Waals surface area (Å²) in [6.45, 7) is 5.45. The summed E-state index contributed by atoms with van der Waals surface area (Å²) < 4.78 is 11.4. The van der Waals surface area contributed by atoms with Gasteiger partial charge in [-0.05, 0) is 31.0 Å². The van der Waals surface area contributed by atoms with Gasteiger partial charge in [-0.1, -0.05) is 43.7 Å². The molecule has 0 aromatic heterocycles. The van der Waals surface area contributed by atoms with E-state index in [1.54, 1.807) is 0 Å². The molecule has 0 atom stereocenters. The van der Waals surface area contributed by atoms with E-state index in [1.165, 1.54) is 0 Å². The summed E-state index contributed by atoms with van der Waals surface area (Å²) in [6, 6.07) is 15.8. The fraction of sp³-hybridized carbons (Fsp3) is 0.316. The maximum absolute atomic E-state index is 5.72. The van der Waals surface area contributed by atoms with E-state index in [1.807, 2.05) is 61.7 Å². The van der Waals surface area contributed by atoms with Gasteiger partial charge in [0, 0.05) is 12.3 Å². The van der Waals surface area contributed by atoms with E-state index in [0.717, 1.165) is 42.2 Å². The highest BCUT2D eigenvalue weighted by molar-refractivity contribution is 5.82. The molecular formula is C19H23NO2. The molecule has 2 aromatic carbocycles. The average molecular weight is 297 g/mol. The van der Waals surface area contributed by atoms with E-state index in [0.29, 0.717) is 6.61 Å². The maximum atomic E-state index is 5.72. The van der Waals surface area contributed by atoms with Gasteiger partial charge in [0.25, 0.3) is 0 Å². The molecular weight excluding hydrogens is 274 g/mol. The molecule has 0 bridgehead atoms. The molecule has 3 nitrogen and oxygen atoms in total. The zero-order valence-corrected chi connectivity index (χ0v) is 13.3. The second-order valence-electron chi connectivity index (χ2n) is 4.93. The number of nitrogens with zero attached hydrogens (tertiary/aromatic N) is 1. The molecule has 0 saturated carbocycles. The van der Waals surface area contributed by atoms with E-state index < -0.39 is 0 Å². The minimum atomic E-state index is 0.603. The number of aliphatic imine (C=N–C) groups is 1. The zero-order chi connectivity index (χ0) is 15.6. The normalized spacial score (nSPS) is 10.8. The SMILES string of the molecule is CCCCOc1ccc(N=Cc2ccccc2)c(OCC)c1. The highest BCUT2D eigenvalue weighted by Gasteiger charge is 2.05. The Kier molecular flexibility index (Phi) is 6.49. The molecule has 0 fully saturated rings. The highest BCUT2D eigenvalue weighted by Crippen LogP contribution is 2.32. The lowest BCUT2D eigenvalue weighted by atomic mass is 10.2.